The van der Waals surface area contributed by atoms with E-state index in [-0.39, 0.29) is 29.7 Å². The lowest BCUT2D eigenvalue weighted by molar-refractivity contribution is -0.111. The minimum absolute atomic E-state index is 0.0972. The molecule has 222 valence electrons. The first-order valence-electron chi connectivity index (χ1n) is 12.4. The fraction of sp³-hybridized carbons (Fsp3) is 0.222. The van der Waals surface area contributed by atoms with Gasteiger partial charge < -0.3 is 24.7 Å². The Morgan fingerprint density at radius 2 is 1.79 bits per heavy atom. The normalized spacial score (nSPS) is 11.8. The highest BCUT2D eigenvalue weighted by atomic mass is 32.3. The van der Waals surface area contributed by atoms with E-state index in [0.29, 0.717) is 15.1 Å². The Hall–Kier alpha value is -4.47. The van der Waals surface area contributed by atoms with Gasteiger partial charge in [0.15, 0.2) is 0 Å². The number of carbonyl (C=O) groups excluding carboxylic acids is 1. The summed E-state index contributed by atoms with van der Waals surface area (Å²) in [7, 11) is -4.75. The molecular formula is C27H30N6O7S2. The lowest BCUT2D eigenvalue weighted by Gasteiger charge is -2.20. The minimum atomic E-state index is -4.07. The van der Waals surface area contributed by atoms with Crippen LogP contribution in [0.1, 0.15) is 0 Å². The predicted octanol–water partition coefficient (Wildman–Crippen LogP) is 3.11. The van der Waals surface area contributed by atoms with Crippen LogP contribution in [0.2, 0.25) is 0 Å². The number of ether oxygens (including phenoxy) is 2. The Kier molecular flexibility index (Phi) is 8.84. The van der Waals surface area contributed by atoms with Crippen molar-refractivity contribution in [1.29, 1.82) is 0 Å². The number of nitrogens with one attached hydrogen (secondary N) is 2. The molecule has 0 fully saturated rings. The average molecular weight is 615 g/mol. The summed E-state index contributed by atoms with van der Waals surface area (Å²) in [4.78, 5) is 21.2. The third-order valence-corrected chi connectivity index (χ3v) is 9.56. The van der Waals surface area contributed by atoms with Crippen LogP contribution in [0.3, 0.4) is 0 Å². The second-order valence-corrected chi connectivity index (χ2v) is 13.2. The van der Waals surface area contributed by atoms with E-state index in [9.17, 15) is 21.6 Å². The number of nitrogens with zero attached hydrogens (tertiary/aromatic N) is 4. The molecule has 2 N–H and O–H groups in total. The van der Waals surface area contributed by atoms with Crippen molar-refractivity contribution in [2.75, 3.05) is 43.4 Å². The first-order chi connectivity index (χ1) is 19.8. The van der Waals surface area contributed by atoms with Gasteiger partial charge in [0.05, 0.1) is 43.2 Å². The number of sulfonamides is 2. The van der Waals surface area contributed by atoms with Crippen molar-refractivity contribution in [2.45, 2.75) is 0 Å². The van der Waals surface area contributed by atoms with E-state index in [0.717, 1.165) is 35.1 Å². The molecular weight excluding hydrogens is 584 g/mol. The van der Waals surface area contributed by atoms with Crippen molar-refractivity contribution < 1.29 is 31.1 Å². The van der Waals surface area contributed by atoms with E-state index in [4.69, 9.17) is 9.47 Å². The Balaban J connectivity index is 1.65. The lowest BCUT2D eigenvalue weighted by atomic mass is 10.1. The number of aromatic nitrogens is 3. The van der Waals surface area contributed by atoms with E-state index in [1.807, 2.05) is 42.1 Å². The van der Waals surface area contributed by atoms with Crippen molar-refractivity contribution in [3.8, 4) is 22.8 Å². The van der Waals surface area contributed by atoms with Crippen molar-refractivity contribution in [3.63, 3.8) is 0 Å². The number of para-hydroxylation sites is 1. The fourth-order valence-corrected chi connectivity index (χ4v) is 7.05. The van der Waals surface area contributed by atoms with Gasteiger partial charge in [-0.25, -0.2) is 26.8 Å². The Morgan fingerprint density at radius 1 is 1.07 bits per heavy atom. The number of aryl methyl sites for hydroxylation is 1. The lowest BCUT2D eigenvalue weighted by Crippen LogP contribution is -2.38. The van der Waals surface area contributed by atoms with E-state index >= 15 is 0 Å². The topological polar surface area (TPSA) is 162 Å². The molecule has 0 aliphatic heterocycles. The molecule has 13 nitrogen and oxygen atoms in total. The van der Waals surface area contributed by atoms with Gasteiger partial charge in [-0.05, 0) is 24.3 Å². The van der Waals surface area contributed by atoms with Gasteiger partial charge >= 0.3 is 0 Å². The molecule has 4 rings (SSSR count). The number of anilines is 3. The van der Waals surface area contributed by atoms with Gasteiger partial charge in [0.2, 0.25) is 31.9 Å². The molecule has 0 aliphatic carbocycles. The summed E-state index contributed by atoms with van der Waals surface area (Å²) in [5.74, 6) is 0.0910. The summed E-state index contributed by atoms with van der Waals surface area (Å²) in [5, 5.41) is 6.76. The number of amides is 1. The standard InChI is InChI=1S/C27H30N6O7S2/c1-6-26(34)29-22-15-21(24(39-3)16-25(22)40-14-13-33(41(4,35)36)42(5,37)38)31-27-28-12-11-20(30-27)19-17-32(2)23-10-8-7-9-18(19)23/h6-12,15-17H,1,13-14H2,2-5H3,(H,29,34)(H,28,30,31). The van der Waals surface area contributed by atoms with Crippen LogP contribution in [-0.4, -0.2) is 73.8 Å². The Bertz CT molecular complexity index is 1840. The largest absolute Gasteiger partial charge is 0.494 e. The summed E-state index contributed by atoms with van der Waals surface area (Å²) in [5.41, 5.74) is 3.22. The molecule has 2 heterocycles. The van der Waals surface area contributed by atoms with Crippen LogP contribution in [0.5, 0.6) is 11.5 Å². The average Bonchev–Trinajstić information content (AvgIpc) is 3.27. The SMILES string of the molecule is C=CC(=O)Nc1cc(Nc2nccc(-c3cn(C)c4ccccc34)n2)c(OC)cc1OCCN(S(C)(=O)=O)S(C)(=O)=O. The zero-order chi connectivity index (χ0) is 30.7. The number of hydrogen-bond donors (Lipinski definition) is 2. The molecule has 2 aromatic carbocycles. The van der Waals surface area contributed by atoms with Gasteiger partial charge in [-0.15, -0.1) is 0 Å². The first kappa shape index (κ1) is 30.5. The van der Waals surface area contributed by atoms with Crippen LogP contribution in [0.25, 0.3) is 22.2 Å². The molecule has 4 aromatic rings. The molecule has 2 aromatic heterocycles. The first-order valence-corrected chi connectivity index (χ1v) is 16.1. The van der Waals surface area contributed by atoms with Crippen LogP contribution in [0, 0.1) is 0 Å². The summed E-state index contributed by atoms with van der Waals surface area (Å²) < 4.78 is 61.4. The summed E-state index contributed by atoms with van der Waals surface area (Å²) in [6.45, 7) is 2.63. The van der Waals surface area contributed by atoms with Gasteiger partial charge in [0.1, 0.15) is 18.1 Å². The van der Waals surface area contributed by atoms with Gasteiger partial charge in [0, 0.05) is 42.0 Å². The number of fused-ring (bicyclic) bond motifs is 1. The predicted molar refractivity (Wildman–Crippen MR) is 161 cm³/mol. The van der Waals surface area contributed by atoms with Crippen LogP contribution in [-0.2, 0) is 31.9 Å². The van der Waals surface area contributed by atoms with Gasteiger partial charge in [-0.1, -0.05) is 28.5 Å². The molecule has 0 bridgehead atoms. The number of methoxy groups -OCH3 is 1. The van der Waals surface area contributed by atoms with Crippen LogP contribution in [0.15, 0.2) is 67.5 Å². The minimum Gasteiger partial charge on any atom is -0.494 e. The van der Waals surface area contributed by atoms with Crippen LogP contribution in [0.4, 0.5) is 17.3 Å². The molecule has 0 spiro atoms. The second-order valence-electron chi connectivity index (χ2n) is 9.17. The van der Waals surface area contributed by atoms with Crippen molar-refractivity contribution in [2.24, 2.45) is 7.05 Å². The van der Waals surface area contributed by atoms with Crippen molar-refractivity contribution >= 4 is 54.2 Å². The number of carbonyl (C=O) groups is 1. The number of benzene rings is 2. The molecule has 42 heavy (non-hydrogen) atoms. The van der Waals surface area contributed by atoms with Crippen molar-refractivity contribution in [3.05, 3.63) is 67.5 Å². The zero-order valence-corrected chi connectivity index (χ0v) is 25.0. The smallest absolute Gasteiger partial charge is 0.247 e. The molecule has 0 aliphatic rings. The Labute approximate surface area is 243 Å². The number of hydrogen-bond acceptors (Lipinski definition) is 10. The maximum Gasteiger partial charge on any atom is 0.247 e. The summed E-state index contributed by atoms with van der Waals surface area (Å²) in [6.07, 6.45) is 6.23. The molecule has 0 saturated carbocycles. The van der Waals surface area contributed by atoms with Crippen LogP contribution >= 0.6 is 0 Å². The Morgan fingerprint density at radius 3 is 2.45 bits per heavy atom. The second kappa shape index (κ2) is 12.2. The van der Waals surface area contributed by atoms with E-state index in [2.05, 4.69) is 27.2 Å². The zero-order valence-electron chi connectivity index (χ0n) is 23.4. The van der Waals surface area contributed by atoms with E-state index < -0.39 is 32.5 Å². The molecule has 0 unspecified atom stereocenters. The highest BCUT2D eigenvalue weighted by Crippen LogP contribution is 2.38. The third-order valence-electron chi connectivity index (χ3n) is 6.09. The molecule has 0 radical (unpaired) electrons. The molecule has 0 atom stereocenters. The molecule has 15 heteroatoms. The van der Waals surface area contributed by atoms with E-state index in [1.54, 1.807) is 12.3 Å². The number of rotatable bonds is 12. The third kappa shape index (κ3) is 6.87. The molecule has 1 amide bonds. The molecule has 0 saturated heterocycles. The van der Waals surface area contributed by atoms with E-state index in [1.165, 1.54) is 19.2 Å². The monoisotopic (exact) mass is 614 g/mol. The maximum atomic E-state index is 12.2. The van der Waals surface area contributed by atoms with Gasteiger partial charge in [-0.2, -0.15) is 0 Å². The van der Waals surface area contributed by atoms with Gasteiger partial charge in [0.25, 0.3) is 0 Å². The highest BCUT2D eigenvalue weighted by Gasteiger charge is 2.27. The van der Waals surface area contributed by atoms with Crippen molar-refractivity contribution in [1.82, 2.24) is 18.2 Å². The summed E-state index contributed by atoms with van der Waals surface area (Å²) >= 11 is 0. The van der Waals surface area contributed by atoms with Gasteiger partial charge in [-0.3, -0.25) is 4.79 Å². The maximum absolute atomic E-state index is 12.2. The fourth-order valence-electron chi connectivity index (χ4n) is 4.27. The van der Waals surface area contributed by atoms with Crippen LogP contribution < -0.4 is 20.1 Å². The quantitative estimate of drug-likeness (QED) is 0.227. The highest BCUT2D eigenvalue weighted by molar-refractivity contribution is 8.03. The summed E-state index contributed by atoms with van der Waals surface area (Å²) in [6, 6.07) is 12.7.